The van der Waals surface area contributed by atoms with Gasteiger partial charge in [-0.3, -0.25) is 14.6 Å². The zero-order chi connectivity index (χ0) is 21.1. The average molecular weight is 444 g/mol. The molecule has 0 spiro atoms. The normalized spacial score (nSPS) is 14.0. The predicted octanol–water partition coefficient (Wildman–Crippen LogP) is 4.20. The Hall–Kier alpha value is -2.67. The zero-order valence-corrected chi connectivity index (χ0v) is 17.5. The lowest BCUT2D eigenvalue weighted by Gasteiger charge is -2.27. The number of nitrogens with zero attached hydrogens (tertiary/aromatic N) is 2. The van der Waals surface area contributed by atoms with Crippen molar-refractivity contribution < 1.29 is 14.3 Å². The Morgan fingerprint density at radius 2 is 1.73 bits per heavy atom. The number of nitrogens with one attached hydrogen (secondary N) is 1. The number of halogens is 2. The topological polar surface area (TPSA) is 71.5 Å². The van der Waals surface area contributed by atoms with Gasteiger partial charge in [0.25, 0.3) is 5.91 Å². The molecule has 3 aromatic rings. The van der Waals surface area contributed by atoms with E-state index in [1.165, 1.54) is 0 Å². The Morgan fingerprint density at radius 1 is 1.03 bits per heavy atom. The van der Waals surface area contributed by atoms with Crippen molar-refractivity contribution in [1.29, 1.82) is 0 Å². The van der Waals surface area contributed by atoms with Crippen LogP contribution in [0.15, 0.2) is 48.7 Å². The summed E-state index contributed by atoms with van der Waals surface area (Å²) in [5.74, 6) is -0.377. The van der Waals surface area contributed by atoms with Gasteiger partial charge in [-0.15, -0.1) is 0 Å². The summed E-state index contributed by atoms with van der Waals surface area (Å²) in [7, 11) is 0. The minimum atomic E-state index is -0.422. The van der Waals surface area contributed by atoms with Crippen LogP contribution in [0.5, 0.6) is 0 Å². The number of aromatic nitrogens is 1. The number of carbonyl (C=O) groups excluding carboxylic acids is 2. The first-order chi connectivity index (χ1) is 14.5. The summed E-state index contributed by atoms with van der Waals surface area (Å²) in [6, 6.07) is 12.2. The lowest BCUT2D eigenvalue weighted by Crippen LogP contribution is -2.41. The van der Waals surface area contributed by atoms with Crippen molar-refractivity contribution in [3.63, 3.8) is 0 Å². The molecule has 154 valence electrons. The lowest BCUT2D eigenvalue weighted by atomic mass is 10.0. The lowest BCUT2D eigenvalue weighted by molar-refractivity contribution is -0.134. The molecule has 0 unspecified atom stereocenters. The SMILES string of the molecule is O=C(Nc1cccc2c(CC(=O)N3CCOCC3)ccnc12)c1c(Cl)cccc1Cl. The molecule has 2 aromatic carbocycles. The van der Waals surface area contributed by atoms with Gasteiger partial charge in [0.1, 0.15) is 0 Å². The Morgan fingerprint density at radius 3 is 2.47 bits per heavy atom. The number of pyridine rings is 1. The predicted molar refractivity (Wildman–Crippen MR) is 117 cm³/mol. The van der Waals surface area contributed by atoms with Crippen LogP contribution in [0.1, 0.15) is 15.9 Å². The first-order valence-corrected chi connectivity index (χ1v) is 10.3. The highest BCUT2D eigenvalue weighted by molar-refractivity contribution is 6.40. The summed E-state index contributed by atoms with van der Waals surface area (Å²) >= 11 is 12.3. The number of benzene rings is 2. The second-order valence-electron chi connectivity index (χ2n) is 6.89. The first kappa shape index (κ1) is 20.6. The van der Waals surface area contributed by atoms with Gasteiger partial charge in [0, 0.05) is 24.7 Å². The number of anilines is 1. The van der Waals surface area contributed by atoms with Gasteiger partial charge in [0.2, 0.25) is 5.91 Å². The van der Waals surface area contributed by atoms with Crippen LogP contribution >= 0.6 is 23.2 Å². The summed E-state index contributed by atoms with van der Waals surface area (Å²) in [4.78, 5) is 31.7. The summed E-state index contributed by atoms with van der Waals surface area (Å²) in [6.07, 6.45) is 1.90. The third kappa shape index (κ3) is 4.26. The van der Waals surface area contributed by atoms with Gasteiger partial charge in [-0.1, -0.05) is 41.4 Å². The van der Waals surface area contributed by atoms with Gasteiger partial charge in [-0.25, -0.2) is 0 Å². The number of fused-ring (bicyclic) bond motifs is 1. The molecule has 1 saturated heterocycles. The molecule has 6 nitrogen and oxygen atoms in total. The second kappa shape index (κ2) is 9.00. The highest BCUT2D eigenvalue weighted by atomic mass is 35.5. The van der Waals surface area contributed by atoms with Crippen molar-refractivity contribution in [1.82, 2.24) is 9.88 Å². The molecule has 2 heterocycles. The van der Waals surface area contributed by atoms with Crippen LogP contribution in [0.4, 0.5) is 5.69 Å². The highest BCUT2D eigenvalue weighted by Crippen LogP contribution is 2.28. The third-order valence-electron chi connectivity index (χ3n) is 5.00. The molecule has 0 saturated carbocycles. The molecule has 0 radical (unpaired) electrons. The molecule has 2 amide bonds. The second-order valence-corrected chi connectivity index (χ2v) is 7.71. The van der Waals surface area contributed by atoms with Crippen LogP contribution in [0.2, 0.25) is 10.0 Å². The summed E-state index contributed by atoms with van der Waals surface area (Å²) in [5.41, 5.74) is 2.18. The molecule has 1 fully saturated rings. The molecular formula is C22H19Cl2N3O3. The van der Waals surface area contributed by atoms with Crippen LogP contribution in [0, 0.1) is 0 Å². The van der Waals surface area contributed by atoms with Gasteiger partial charge in [0.05, 0.1) is 46.4 Å². The zero-order valence-electron chi connectivity index (χ0n) is 16.0. The maximum absolute atomic E-state index is 12.8. The van der Waals surface area contributed by atoms with E-state index in [1.807, 2.05) is 18.2 Å². The van der Waals surface area contributed by atoms with E-state index in [2.05, 4.69) is 10.3 Å². The first-order valence-electron chi connectivity index (χ1n) is 9.52. The Kier molecular flexibility index (Phi) is 6.18. The van der Waals surface area contributed by atoms with E-state index >= 15 is 0 Å². The van der Waals surface area contributed by atoms with E-state index in [9.17, 15) is 9.59 Å². The number of hydrogen-bond acceptors (Lipinski definition) is 4. The van der Waals surface area contributed by atoms with Crippen molar-refractivity contribution >= 4 is 51.6 Å². The van der Waals surface area contributed by atoms with E-state index in [0.29, 0.717) is 37.5 Å². The number of amides is 2. The number of carbonyl (C=O) groups is 2. The fourth-order valence-corrected chi connectivity index (χ4v) is 4.04. The van der Waals surface area contributed by atoms with Crippen LogP contribution in [-0.2, 0) is 16.0 Å². The molecule has 0 bridgehead atoms. The van der Waals surface area contributed by atoms with E-state index < -0.39 is 5.91 Å². The quantitative estimate of drug-likeness (QED) is 0.655. The van der Waals surface area contributed by atoms with Crippen LogP contribution < -0.4 is 5.32 Å². The maximum Gasteiger partial charge on any atom is 0.258 e. The van der Waals surface area contributed by atoms with Crippen molar-refractivity contribution in [2.24, 2.45) is 0 Å². The van der Waals surface area contributed by atoms with Gasteiger partial charge in [0.15, 0.2) is 0 Å². The van der Waals surface area contributed by atoms with Crippen LogP contribution in [-0.4, -0.2) is 48.0 Å². The Bertz CT molecular complexity index is 1090. The Labute approximate surface area is 183 Å². The molecule has 8 heteroatoms. The van der Waals surface area contributed by atoms with Gasteiger partial charge >= 0.3 is 0 Å². The maximum atomic E-state index is 12.8. The van der Waals surface area contributed by atoms with Crippen LogP contribution in [0.3, 0.4) is 0 Å². The fraction of sp³-hybridized carbons (Fsp3) is 0.227. The molecule has 1 aromatic heterocycles. The minimum Gasteiger partial charge on any atom is -0.378 e. The average Bonchev–Trinajstić information content (AvgIpc) is 2.75. The molecule has 0 atom stereocenters. The number of ether oxygens (including phenoxy) is 1. The minimum absolute atomic E-state index is 0.0445. The van der Waals surface area contributed by atoms with Gasteiger partial charge in [-0.05, 0) is 29.8 Å². The number of hydrogen-bond donors (Lipinski definition) is 1. The standard InChI is InChI=1S/C22H19Cl2N3O3/c23-16-4-2-5-17(24)20(16)22(29)26-18-6-1-3-15-14(7-8-25-21(15)18)13-19(28)27-9-11-30-12-10-27/h1-8H,9-13H2,(H,26,29). The van der Waals surface area contributed by atoms with E-state index in [-0.39, 0.29) is 27.9 Å². The molecule has 1 aliphatic rings. The smallest absolute Gasteiger partial charge is 0.258 e. The van der Waals surface area contributed by atoms with Crippen molar-refractivity contribution in [2.75, 3.05) is 31.6 Å². The van der Waals surface area contributed by atoms with E-state index in [1.54, 1.807) is 35.4 Å². The molecular weight excluding hydrogens is 425 g/mol. The van der Waals surface area contributed by atoms with Crippen molar-refractivity contribution in [2.45, 2.75) is 6.42 Å². The monoisotopic (exact) mass is 443 g/mol. The van der Waals surface area contributed by atoms with Crippen molar-refractivity contribution in [3.8, 4) is 0 Å². The number of para-hydroxylation sites is 1. The summed E-state index contributed by atoms with van der Waals surface area (Å²) in [5, 5.41) is 4.19. The molecule has 4 rings (SSSR count). The number of rotatable bonds is 4. The van der Waals surface area contributed by atoms with Crippen molar-refractivity contribution in [3.05, 3.63) is 69.8 Å². The molecule has 30 heavy (non-hydrogen) atoms. The summed E-state index contributed by atoms with van der Waals surface area (Å²) < 4.78 is 5.31. The van der Waals surface area contributed by atoms with E-state index in [4.69, 9.17) is 27.9 Å². The van der Waals surface area contributed by atoms with Gasteiger partial charge < -0.3 is 15.0 Å². The van der Waals surface area contributed by atoms with Crippen LogP contribution in [0.25, 0.3) is 10.9 Å². The summed E-state index contributed by atoms with van der Waals surface area (Å²) in [6.45, 7) is 2.32. The van der Waals surface area contributed by atoms with Gasteiger partial charge in [-0.2, -0.15) is 0 Å². The molecule has 1 aliphatic heterocycles. The fourth-order valence-electron chi connectivity index (χ4n) is 3.48. The van der Waals surface area contributed by atoms with E-state index in [0.717, 1.165) is 10.9 Å². The molecule has 0 aliphatic carbocycles. The largest absolute Gasteiger partial charge is 0.378 e. The third-order valence-corrected chi connectivity index (χ3v) is 5.63. The highest BCUT2D eigenvalue weighted by Gasteiger charge is 2.20. The molecule has 1 N–H and O–H groups in total. The number of morpholine rings is 1. The Balaban J connectivity index is 1.62.